The fraction of sp³-hybridized carbons (Fsp3) is 0.650. The molecule has 2 atom stereocenters. The van der Waals surface area contributed by atoms with Gasteiger partial charge in [0.15, 0.2) is 0 Å². The molecule has 0 bridgehead atoms. The van der Waals surface area contributed by atoms with E-state index in [1.807, 2.05) is 11.0 Å². The van der Waals surface area contributed by atoms with Crippen molar-refractivity contribution in [2.24, 2.45) is 0 Å². The third-order valence-electron chi connectivity index (χ3n) is 6.17. The van der Waals surface area contributed by atoms with Gasteiger partial charge in [0.1, 0.15) is 11.9 Å². The number of halogens is 1. The van der Waals surface area contributed by atoms with Crippen LogP contribution >= 0.6 is 0 Å². The van der Waals surface area contributed by atoms with Crippen molar-refractivity contribution in [3.05, 3.63) is 35.6 Å². The Labute approximate surface area is 154 Å². The molecule has 2 N–H and O–H groups in total. The second-order valence-corrected chi connectivity index (χ2v) is 7.80. The number of benzene rings is 1. The first kappa shape index (κ1) is 17.9. The number of amides is 1. The predicted molar refractivity (Wildman–Crippen MR) is 98.8 cm³/mol. The Morgan fingerprint density at radius 1 is 1.00 bits per heavy atom. The van der Waals surface area contributed by atoms with Crippen molar-refractivity contribution in [2.45, 2.75) is 56.7 Å². The van der Waals surface area contributed by atoms with Crippen molar-refractivity contribution in [3.63, 3.8) is 0 Å². The molecule has 2 heterocycles. The summed E-state index contributed by atoms with van der Waals surface area (Å²) < 4.78 is 14.0. The standard InChI is InChI=1S/C20H29FN4O/c21-17-9-4-3-8-16(17)18-14-19(23-22-18)20(26)25-11-5-10-24(12-13-25)15-6-1-2-7-15/h3-4,8-9,15,18-19,22-23H,1-2,5-7,10-14H2. The highest BCUT2D eigenvalue weighted by molar-refractivity contribution is 5.82. The average Bonchev–Trinajstić information content (AvgIpc) is 3.30. The summed E-state index contributed by atoms with van der Waals surface area (Å²) in [5.41, 5.74) is 6.82. The van der Waals surface area contributed by atoms with Crippen LogP contribution in [0.15, 0.2) is 24.3 Å². The van der Waals surface area contributed by atoms with Gasteiger partial charge in [-0.25, -0.2) is 15.2 Å². The molecule has 2 aliphatic heterocycles. The van der Waals surface area contributed by atoms with Crippen LogP contribution in [0.2, 0.25) is 0 Å². The van der Waals surface area contributed by atoms with Crippen molar-refractivity contribution < 1.29 is 9.18 Å². The van der Waals surface area contributed by atoms with Gasteiger partial charge in [-0.1, -0.05) is 31.0 Å². The van der Waals surface area contributed by atoms with Gasteiger partial charge in [-0.05, 0) is 31.7 Å². The largest absolute Gasteiger partial charge is 0.340 e. The highest BCUT2D eigenvalue weighted by atomic mass is 19.1. The van der Waals surface area contributed by atoms with Crippen LogP contribution in [0.3, 0.4) is 0 Å². The minimum atomic E-state index is -0.280. The highest BCUT2D eigenvalue weighted by Gasteiger charge is 2.35. The normalized spacial score (nSPS) is 28.4. The maximum atomic E-state index is 14.0. The average molecular weight is 360 g/mol. The third kappa shape index (κ3) is 3.77. The lowest BCUT2D eigenvalue weighted by molar-refractivity contribution is -0.133. The number of hydrazine groups is 1. The van der Waals surface area contributed by atoms with E-state index in [4.69, 9.17) is 0 Å². The lowest BCUT2D eigenvalue weighted by atomic mass is 10.0. The summed E-state index contributed by atoms with van der Waals surface area (Å²) in [6.07, 6.45) is 6.94. The van der Waals surface area contributed by atoms with E-state index in [-0.39, 0.29) is 23.8 Å². The molecule has 3 aliphatic rings. The molecule has 3 fully saturated rings. The molecule has 1 aromatic rings. The maximum absolute atomic E-state index is 14.0. The maximum Gasteiger partial charge on any atom is 0.241 e. The lowest BCUT2D eigenvalue weighted by Gasteiger charge is -2.27. The van der Waals surface area contributed by atoms with Gasteiger partial charge in [-0.2, -0.15) is 0 Å². The molecular formula is C20H29FN4O. The number of nitrogens with one attached hydrogen (secondary N) is 2. The zero-order valence-electron chi connectivity index (χ0n) is 15.3. The quantitative estimate of drug-likeness (QED) is 0.868. The topological polar surface area (TPSA) is 47.6 Å². The van der Waals surface area contributed by atoms with Gasteiger partial charge in [0.2, 0.25) is 5.91 Å². The number of hydrogen-bond acceptors (Lipinski definition) is 4. The van der Waals surface area contributed by atoms with E-state index in [2.05, 4.69) is 15.8 Å². The summed E-state index contributed by atoms with van der Waals surface area (Å²) in [6, 6.07) is 7.07. The van der Waals surface area contributed by atoms with E-state index in [1.165, 1.54) is 31.7 Å². The lowest BCUT2D eigenvalue weighted by Crippen LogP contribution is -2.47. The van der Waals surface area contributed by atoms with Crippen LogP contribution in [0.5, 0.6) is 0 Å². The van der Waals surface area contributed by atoms with E-state index >= 15 is 0 Å². The monoisotopic (exact) mass is 360 g/mol. The van der Waals surface area contributed by atoms with Crippen LogP contribution in [0.1, 0.15) is 50.1 Å². The van der Waals surface area contributed by atoms with Gasteiger partial charge in [0.05, 0.1) is 6.04 Å². The predicted octanol–water partition coefficient (Wildman–Crippen LogP) is 2.21. The molecule has 1 saturated carbocycles. The smallest absolute Gasteiger partial charge is 0.241 e. The summed E-state index contributed by atoms with van der Waals surface area (Å²) in [6.45, 7) is 3.71. The molecule has 1 aliphatic carbocycles. The Kier molecular flexibility index (Phi) is 5.52. The van der Waals surface area contributed by atoms with Crippen LogP contribution < -0.4 is 10.9 Å². The van der Waals surface area contributed by atoms with Crippen LogP contribution in [0.25, 0.3) is 0 Å². The molecule has 1 amide bonds. The zero-order chi connectivity index (χ0) is 17.9. The fourth-order valence-corrected chi connectivity index (χ4v) is 4.69. The van der Waals surface area contributed by atoms with E-state index < -0.39 is 0 Å². The van der Waals surface area contributed by atoms with Gasteiger partial charge in [-0.15, -0.1) is 0 Å². The Balaban J connectivity index is 1.34. The second kappa shape index (κ2) is 8.03. The molecule has 26 heavy (non-hydrogen) atoms. The number of rotatable bonds is 3. The Morgan fingerprint density at radius 2 is 1.81 bits per heavy atom. The molecule has 4 rings (SSSR count). The molecule has 2 saturated heterocycles. The molecule has 1 aromatic carbocycles. The summed E-state index contributed by atoms with van der Waals surface area (Å²) in [5, 5.41) is 0. The summed E-state index contributed by atoms with van der Waals surface area (Å²) >= 11 is 0. The number of hydrogen-bond donors (Lipinski definition) is 2. The Morgan fingerprint density at radius 3 is 2.62 bits per heavy atom. The van der Waals surface area contributed by atoms with Crippen molar-refractivity contribution in [1.82, 2.24) is 20.7 Å². The van der Waals surface area contributed by atoms with Crippen molar-refractivity contribution in [3.8, 4) is 0 Å². The summed E-state index contributed by atoms with van der Waals surface area (Å²) in [4.78, 5) is 17.5. The molecular weight excluding hydrogens is 331 g/mol. The van der Waals surface area contributed by atoms with Crippen molar-refractivity contribution >= 4 is 5.91 Å². The number of carbonyl (C=O) groups excluding carboxylic acids is 1. The van der Waals surface area contributed by atoms with Gasteiger partial charge in [0.25, 0.3) is 0 Å². The SMILES string of the molecule is O=C(C1CC(c2ccccc2F)NN1)N1CCCN(C2CCCC2)CC1. The van der Waals surface area contributed by atoms with Gasteiger partial charge < -0.3 is 4.90 Å². The van der Waals surface area contributed by atoms with E-state index in [9.17, 15) is 9.18 Å². The minimum absolute atomic E-state index is 0.143. The minimum Gasteiger partial charge on any atom is -0.340 e. The molecule has 2 unspecified atom stereocenters. The molecule has 0 radical (unpaired) electrons. The van der Waals surface area contributed by atoms with Crippen molar-refractivity contribution in [2.75, 3.05) is 26.2 Å². The first-order valence-corrected chi connectivity index (χ1v) is 10.0. The van der Waals surface area contributed by atoms with Crippen LogP contribution in [-0.2, 0) is 4.79 Å². The third-order valence-corrected chi connectivity index (χ3v) is 6.17. The second-order valence-electron chi connectivity index (χ2n) is 7.80. The summed E-state index contributed by atoms with van der Waals surface area (Å²) in [5.74, 6) is -0.0773. The first-order valence-electron chi connectivity index (χ1n) is 10.0. The fourth-order valence-electron chi connectivity index (χ4n) is 4.69. The van der Waals surface area contributed by atoms with Gasteiger partial charge in [0, 0.05) is 37.8 Å². The Hall–Kier alpha value is -1.50. The number of carbonyl (C=O) groups is 1. The van der Waals surface area contributed by atoms with E-state index in [0.29, 0.717) is 12.0 Å². The van der Waals surface area contributed by atoms with Crippen LogP contribution in [0, 0.1) is 5.82 Å². The molecule has 6 heteroatoms. The van der Waals surface area contributed by atoms with Crippen LogP contribution in [0.4, 0.5) is 4.39 Å². The molecule has 142 valence electrons. The molecule has 0 aromatic heterocycles. The molecule has 5 nitrogen and oxygen atoms in total. The zero-order valence-corrected chi connectivity index (χ0v) is 15.3. The summed E-state index contributed by atoms with van der Waals surface area (Å²) in [7, 11) is 0. The Bertz CT molecular complexity index is 634. The van der Waals surface area contributed by atoms with E-state index in [0.717, 1.165) is 38.6 Å². The van der Waals surface area contributed by atoms with E-state index in [1.54, 1.807) is 12.1 Å². The van der Waals surface area contributed by atoms with Crippen molar-refractivity contribution in [1.29, 1.82) is 0 Å². The molecule has 0 spiro atoms. The highest BCUT2D eigenvalue weighted by Crippen LogP contribution is 2.27. The van der Waals surface area contributed by atoms with Gasteiger partial charge >= 0.3 is 0 Å². The van der Waals surface area contributed by atoms with Crippen LogP contribution in [-0.4, -0.2) is 54.0 Å². The van der Waals surface area contributed by atoms with Gasteiger partial charge in [-0.3, -0.25) is 9.69 Å². The number of nitrogens with zero attached hydrogens (tertiary/aromatic N) is 2. The first-order chi connectivity index (χ1) is 12.7.